The molecule has 23 heavy (non-hydrogen) atoms. The molecule has 2 heterocycles. The summed E-state index contributed by atoms with van der Waals surface area (Å²) in [6.07, 6.45) is 5.64. The molecular weight excluding hydrogens is 290 g/mol. The van der Waals surface area contributed by atoms with Gasteiger partial charge in [-0.2, -0.15) is 0 Å². The topological polar surface area (TPSA) is 69.4 Å². The molecule has 0 amide bonds. The molecule has 1 aromatic carbocycles. The van der Waals surface area contributed by atoms with Crippen molar-refractivity contribution in [3.63, 3.8) is 0 Å². The lowest BCUT2D eigenvalue weighted by atomic mass is 9.85. The molecule has 1 aliphatic heterocycles. The van der Waals surface area contributed by atoms with Crippen LogP contribution in [0.25, 0.3) is 10.9 Å². The van der Waals surface area contributed by atoms with E-state index in [4.69, 9.17) is 15.2 Å². The van der Waals surface area contributed by atoms with Crippen LogP contribution in [-0.4, -0.2) is 17.3 Å². The highest BCUT2D eigenvalue weighted by Crippen LogP contribution is 2.35. The number of ether oxygens (including phenoxy) is 2. The zero-order chi connectivity index (χ0) is 16.5. The Balaban J connectivity index is 1.76. The molecule has 3 N–H and O–H groups in total. The Labute approximate surface area is 136 Å². The number of nitrogens with two attached hydrogens (primary N) is 1. The first-order chi connectivity index (χ1) is 10.9. The van der Waals surface area contributed by atoms with E-state index in [9.17, 15) is 0 Å². The molecule has 0 saturated carbocycles. The molecule has 0 unspecified atom stereocenters. The molecular formula is C18H23N3O2. The van der Waals surface area contributed by atoms with Gasteiger partial charge >= 0.3 is 0 Å². The highest BCUT2D eigenvalue weighted by Gasteiger charge is 2.36. The van der Waals surface area contributed by atoms with E-state index in [-0.39, 0.29) is 5.41 Å². The molecule has 5 heteroatoms. The van der Waals surface area contributed by atoms with Crippen molar-refractivity contribution in [1.82, 2.24) is 4.98 Å². The zero-order valence-corrected chi connectivity index (χ0v) is 13.8. The molecule has 0 bridgehead atoms. The van der Waals surface area contributed by atoms with Gasteiger partial charge < -0.3 is 20.5 Å². The van der Waals surface area contributed by atoms with Gasteiger partial charge in [-0.05, 0) is 11.5 Å². The summed E-state index contributed by atoms with van der Waals surface area (Å²) in [5.41, 5.74) is 8.59. The normalized spacial score (nSPS) is 16.1. The summed E-state index contributed by atoms with van der Waals surface area (Å²) in [4.78, 5) is 4.37. The molecule has 0 fully saturated rings. The van der Waals surface area contributed by atoms with Crippen molar-refractivity contribution in [2.45, 2.75) is 33.0 Å². The van der Waals surface area contributed by atoms with E-state index >= 15 is 0 Å². The van der Waals surface area contributed by atoms with Crippen molar-refractivity contribution in [2.24, 2.45) is 5.41 Å². The number of aromatic nitrogens is 1. The molecule has 3 rings (SSSR count). The van der Waals surface area contributed by atoms with E-state index in [1.54, 1.807) is 18.7 Å². The predicted molar refractivity (Wildman–Crippen MR) is 92.8 cm³/mol. The zero-order valence-electron chi connectivity index (χ0n) is 13.8. The van der Waals surface area contributed by atoms with Crippen molar-refractivity contribution >= 4 is 22.3 Å². The lowest BCUT2D eigenvalue weighted by molar-refractivity contribution is -0.147. The van der Waals surface area contributed by atoms with Gasteiger partial charge in [-0.15, -0.1) is 0 Å². The molecule has 122 valence electrons. The SMILES string of the molecule is CC(C)(CNc1c(N)cnc2ccccc12)CC1(C)OC=CO1. The molecule has 0 saturated heterocycles. The van der Waals surface area contributed by atoms with E-state index in [0.29, 0.717) is 5.69 Å². The summed E-state index contributed by atoms with van der Waals surface area (Å²) >= 11 is 0. The maximum Gasteiger partial charge on any atom is 0.247 e. The first-order valence-corrected chi connectivity index (χ1v) is 7.76. The number of fused-ring (bicyclic) bond motifs is 1. The van der Waals surface area contributed by atoms with Crippen LogP contribution in [0.1, 0.15) is 27.2 Å². The molecule has 2 aromatic rings. The van der Waals surface area contributed by atoms with Gasteiger partial charge in [0.2, 0.25) is 5.79 Å². The van der Waals surface area contributed by atoms with Gasteiger partial charge in [0.15, 0.2) is 0 Å². The summed E-state index contributed by atoms with van der Waals surface area (Å²) in [5.74, 6) is -0.600. The fourth-order valence-corrected chi connectivity index (χ4v) is 3.07. The van der Waals surface area contributed by atoms with Crippen molar-refractivity contribution in [2.75, 3.05) is 17.6 Å². The number of para-hydroxylation sites is 1. The third-order valence-corrected chi connectivity index (χ3v) is 4.04. The summed E-state index contributed by atoms with van der Waals surface area (Å²) < 4.78 is 11.1. The Morgan fingerprint density at radius 2 is 1.91 bits per heavy atom. The van der Waals surface area contributed by atoms with Gasteiger partial charge in [-0.25, -0.2) is 0 Å². The first kappa shape index (κ1) is 15.5. The van der Waals surface area contributed by atoms with Crippen LogP contribution in [0.3, 0.4) is 0 Å². The Morgan fingerprint density at radius 1 is 1.22 bits per heavy atom. The lowest BCUT2D eigenvalue weighted by Gasteiger charge is -2.33. The number of nitrogens with one attached hydrogen (secondary N) is 1. The molecule has 0 atom stereocenters. The van der Waals surface area contributed by atoms with Gasteiger partial charge in [-0.1, -0.05) is 32.0 Å². The molecule has 0 aliphatic carbocycles. The molecule has 5 nitrogen and oxygen atoms in total. The number of nitrogen functional groups attached to an aromatic ring is 1. The fraction of sp³-hybridized carbons (Fsp3) is 0.389. The van der Waals surface area contributed by atoms with E-state index in [1.807, 2.05) is 31.2 Å². The number of benzene rings is 1. The van der Waals surface area contributed by atoms with Crippen LogP contribution >= 0.6 is 0 Å². The second-order valence-electron chi connectivity index (χ2n) is 6.94. The number of hydrogen-bond acceptors (Lipinski definition) is 5. The monoisotopic (exact) mass is 313 g/mol. The van der Waals surface area contributed by atoms with Crippen LogP contribution in [0.15, 0.2) is 43.0 Å². The Bertz CT molecular complexity index is 732. The van der Waals surface area contributed by atoms with Crippen LogP contribution in [-0.2, 0) is 9.47 Å². The summed E-state index contributed by atoms with van der Waals surface area (Å²) in [7, 11) is 0. The fourth-order valence-electron chi connectivity index (χ4n) is 3.07. The first-order valence-electron chi connectivity index (χ1n) is 7.76. The van der Waals surface area contributed by atoms with Crippen molar-refractivity contribution in [1.29, 1.82) is 0 Å². The molecule has 0 spiro atoms. The third-order valence-electron chi connectivity index (χ3n) is 4.04. The van der Waals surface area contributed by atoms with Gasteiger partial charge in [0.25, 0.3) is 0 Å². The predicted octanol–water partition coefficient (Wildman–Crippen LogP) is 3.88. The van der Waals surface area contributed by atoms with E-state index in [2.05, 4.69) is 24.1 Å². The van der Waals surface area contributed by atoms with Crippen LogP contribution in [0.4, 0.5) is 11.4 Å². The maximum atomic E-state index is 6.12. The average Bonchev–Trinajstić information content (AvgIpc) is 2.91. The maximum absolute atomic E-state index is 6.12. The molecule has 1 aromatic heterocycles. The quantitative estimate of drug-likeness (QED) is 0.876. The Kier molecular flexibility index (Phi) is 3.80. The van der Waals surface area contributed by atoms with E-state index < -0.39 is 5.79 Å². The van der Waals surface area contributed by atoms with Crippen LogP contribution in [0, 0.1) is 5.41 Å². The minimum atomic E-state index is -0.600. The second kappa shape index (κ2) is 5.65. The number of nitrogens with zero attached hydrogens (tertiary/aromatic N) is 1. The molecule has 1 aliphatic rings. The number of hydrogen-bond donors (Lipinski definition) is 2. The smallest absolute Gasteiger partial charge is 0.247 e. The van der Waals surface area contributed by atoms with Gasteiger partial charge in [0.1, 0.15) is 12.5 Å². The van der Waals surface area contributed by atoms with Crippen molar-refractivity contribution in [3.05, 3.63) is 43.0 Å². The van der Waals surface area contributed by atoms with Crippen LogP contribution in [0.5, 0.6) is 0 Å². The van der Waals surface area contributed by atoms with Crippen molar-refractivity contribution in [3.8, 4) is 0 Å². The molecule has 0 radical (unpaired) electrons. The van der Waals surface area contributed by atoms with E-state index in [0.717, 1.165) is 29.6 Å². The third kappa shape index (κ3) is 3.33. The van der Waals surface area contributed by atoms with Crippen LogP contribution < -0.4 is 11.1 Å². The minimum Gasteiger partial charge on any atom is -0.457 e. The standard InChI is InChI=1S/C18H23N3O2/c1-17(2,11-18(3)22-8-9-23-18)12-21-16-13-6-4-5-7-15(13)20-10-14(16)19/h4-10H,11-12,19H2,1-3H3,(H,20,21). The average molecular weight is 313 g/mol. The van der Waals surface area contributed by atoms with Gasteiger partial charge in [-0.3, -0.25) is 4.98 Å². The lowest BCUT2D eigenvalue weighted by Crippen LogP contribution is -2.36. The summed E-state index contributed by atoms with van der Waals surface area (Å²) in [6.45, 7) is 7.05. The van der Waals surface area contributed by atoms with Gasteiger partial charge in [0, 0.05) is 25.3 Å². The Morgan fingerprint density at radius 3 is 2.65 bits per heavy atom. The Hall–Kier alpha value is -2.43. The summed E-state index contributed by atoms with van der Waals surface area (Å²) in [6, 6.07) is 7.98. The summed E-state index contributed by atoms with van der Waals surface area (Å²) in [5, 5.41) is 4.52. The number of pyridine rings is 1. The minimum absolute atomic E-state index is 0.0441. The van der Waals surface area contributed by atoms with Gasteiger partial charge in [0.05, 0.1) is 23.1 Å². The van der Waals surface area contributed by atoms with Crippen molar-refractivity contribution < 1.29 is 9.47 Å². The van der Waals surface area contributed by atoms with Crippen LogP contribution in [0.2, 0.25) is 0 Å². The largest absolute Gasteiger partial charge is 0.457 e. The highest BCUT2D eigenvalue weighted by molar-refractivity contribution is 5.96. The number of anilines is 2. The van der Waals surface area contributed by atoms with E-state index in [1.165, 1.54) is 0 Å². The number of rotatable bonds is 5. The highest BCUT2D eigenvalue weighted by atomic mass is 16.7. The second-order valence-corrected chi connectivity index (χ2v) is 6.94.